The summed E-state index contributed by atoms with van der Waals surface area (Å²) in [7, 11) is 0. The van der Waals surface area contributed by atoms with Crippen molar-refractivity contribution in [3.05, 3.63) is 60.6 Å². The van der Waals surface area contributed by atoms with E-state index < -0.39 is 23.4 Å². The van der Waals surface area contributed by atoms with Gasteiger partial charge in [-0.25, -0.2) is 15.0 Å². The Morgan fingerprint density at radius 1 is 1.04 bits per heavy atom. The van der Waals surface area contributed by atoms with Crippen LogP contribution in [-0.2, 0) is 19.1 Å². The van der Waals surface area contributed by atoms with Crippen LogP contribution in [-0.4, -0.2) is 19.5 Å². The number of benzene rings is 1. The highest BCUT2D eigenvalue weighted by atomic mass is 19.4. The van der Waals surface area contributed by atoms with E-state index in [0.717, 1.165) is 0 Å². The summed E-state index contributed by atoms with van der Waals surface area (Å²) in [5.74, 6) is 4.54. The SMILES string of the molecule is NN=Nc1nc(CCn2ccnc2)nc(C(F)(F)F)c1N=Nc1ccccc1. The number of rotatable bonds is 6. The molecule has 0 radical (unpaired) electrons. The van der Waals surface area contributed by atoms with Gasteiger partial charge in [0.2, 0.25) is 5.82 Å². The van der Waals surface area contributed by atoms with Crippen LogP contribution >= 0.6 is 0 Å². The third-order valence-corrected chi connectivity index (χ3v) is 3.51. The van der Waals surface area contributed by atoms with Gasteiger partial charge in [0.1, 0.15) is 5.82 Å². The van der Waals surface area contributed by atoms with Crippen LogP contribution < -0.4 is 5.84 Å². The summed E-state index contributed by atoms with van der Waals surface area (Å²) in [5, 5.41) is 14.0. The van der Waals surface area contributed by atoms with Crippen molar-refractivity contribution in [3.63, 3.8) is 0 Å². The number of nitrogens with zero attached hydrogens (tertiary/aromatic N) is 8. The second-order valence-electron chi connectivity index (χ2n) is 5.46. The molecule has 28 heavy (non-hydrogen) atoms. The van der Waals surface area contributed by atoms with Crippen LogP contribution in [0.4, 0.5) is 30.4 Å². The second kappa shape index (κ2) is 8.33. The van der Waals surface area contributed by atoms with Crippen molar-refractivity contribution in [1.82, 2.24) is 19.5 Å². The monoisotopic (exact) mass is 389 g/mol. The average molecular weight is 389 g/mol. The number of azo groups is 1. The van der Waals surface area contributed by atoms with E-state index in [4.69, 9.17) is 5.84 Å². The molecule has 0 atom stereocenters. The molecular weight excluding hydrogens is 375 g/mol. The van der Waals surface area contributed by atoms with E-state index in [2.05, 4.69) is 35.5 Å². The zero-order chi connectivity index (χ0) is 20.0. The van der Waals surface area contributed by atoms with Crippen LogP contribution in [0.3, 0.4) is 0 Å². The molecule has 0 saturated heterocycles. The summed E-state index contributed by atoms with van der Waals surface area (Å²) in [6.07, 6.45) is 0.0869. The van der Waals surface area contributed by atoms with Gasteiger partial charge >= 0.3 is 6.18 Å². The van der Waals surface area contributed by atoms with Gasteiger partial charge in [0, 0.05) is 25.4 Å². The lowest BCUT2D eigenvalue weighted by Gasteiger charge is -2.11. The number of alkyl halides is 3. The van der Waals surface area contributed by atoms with Gasteiger partial charge in [0.15, 0.2) is 11.4 Å². The van der Waals surface area contributed by atoms with Crippen LogP contribution in [0.15, 0.2) is 69.6 Å². The highest BCUT2D eigenvalue weighted by Crippen LogP contribution is 2.40. The third kappa shape index (κ3) is 4.72. The van der Waals surface area contributed by atoms with E-state index in [1.165, 1.54) is 6.33 Å². The first-order valence-electron chi connectivity index (χ1n) is 7.99. The van der Waals surface area contributed by atoms with Crippen LogP contribution in [0.5, 0.6) is 0 Å². The first-order chi connectivity index (χ1) is 13.5. The predicted molar refractivity (Wildman–Crippen MR) is 92.3 cm³/mol. The highest BCUT2D eigenvalue weighted by molar-refractivity contribution is 5.60. The van der Waals surface area contributed by atoms with Gasteiger partial charge in [-0.2, -0.15) is 18.3 Å². The van der Waals surface area contributed by atoms with Gasteiger partial charge in [-0.05, 0) is 12.1 Å². The molecule has 0 spiro atoms. The lowest BCUT2D eigenvalue weighted by Crippen LogP contribution is -2.13. The first kappa shape index (κ1) is 19.1. The Bertz CT molecular complexity index is 967. The molecule has 3 rings (SSSR count). The zero-order valence-corrected chi connectivity index (χ0v) is 14.3. The van der Waals surface area contributed by atoms with Gasteiger partial charge in [0.05, 0.1) is 12.0 Å². The molecule has 0 fully saturated rings. The zero-order valence-electron chi connectivity index (χ0n) is 14.3. The quantitative estimate of drug-likeness (QED) is 0.384. The highest BCUT2D eigenvalue weighted by Gasteiger charge is 2.38. The molecule has 12 heteroatoms. The van der Waals surface area contributed by atoms with Crippen molar-refractivity contribution in [3.8, 4) is 0 Å². The molecule has 2 aromatic heterocycles. The molecule has 9 nitrogen and oxygen atoms in total. The van der Waals surface area contributed by atoms with Gasteiger partial charge < -0.3 is 10.4 Å². The number of hydrogen-bond donors (Lipinski definition) is 1. The molecule has 0 saturated carbocycles. The molecule has 0 aliphatic heterocycles. The average Bonchev–Trinajstić information content (AvgIpc) is 3.19. The maximum absolute atomic E-state index is 13.6. The predicted octanol–water partition coefficient (Wildman–Crippen LogP) is 4.31. The fourth-order valence-corrected chi connectivity index (χ4v) is 2.26. The lowest BCUT2D eigenvalue weighted by molar-refractivity contribution is -0.140. The van der Waals surface area contributed by atoms with E-state index in [0.29, 0.717) is 12.2 Å². The van der Waals surface area contributed by atoms with E-state index in [1.54, 1.807) is 47.3 Å². The molecule has 1 aromatic carbocycles. The second-order valence-corrected chi connectivity index (χ2v) is 5.46. The molecule has 2 heterocycles. The van der Waals surface area contributed by atoms with Crippen LogP contribution in [0.2, 0.25) is 0 Å². The number of nitrogens with two attached hydrogens (primary N) is 1. The Balaban J connectivity index is 2.02. The van der Waals surface area contributed by atoms with Gasteiger partial charge in [-0.15, -0.1) is 10.2 Å². The summed E-state index contributed by atoms with van der Waals surface area (Å²) in [6, 6.07) is 8.26. The molecule has 0 bridgehead atoms. The molecular formula is C16H14F3N9. The summed E-state index contributed by atoms with van der Waals surface area (Å²) < 4.78 is 42.4. The minimum Gasteiger partial charge on any atom is -0.337 e. The number of aromatic nitrogens is 4. The van der Waals surface area contributed by atoms with Gasteiger partial charge in [0.25, 0.3) is 0 Å². The Hall–Kier alpha value is -3.70. The van der Waals surface area contributed by atoms with Crippen molar-refractivity contribution in [1.29, 1.82) is 0 Å². The topological polar surface area (TPSA) is 119 Å². The van der Waals surface area contributed by atoms with E-state index in [9.17, 15) is 13.2 Å². The molecule has 0 aliphatic rings. The summed E-state index contributed by atoms with van der Waals surface area (Å²) in [6.45, 7) is 0.335. The standard InChI is InChI=1S/C16H14F3N9/c17-16(18,19)14-13(25-24-11-4-2-1-3-5-11)15(26-27-20)23-12(22-14)6-8-28-9-7-21-10-28/h1-5,7,9-10H,6,8H2,(H2,20,22,23,26). The lowest BCUT2D eigenvalue weighted by atomic mass is 10.3. The Morgan fingerprint density at radius 2 is 1.82 bits per heavy atom. The minimum atomic E-state index is -4.80. The molecule has 0 amide bonds. The molecule has 0 aliphatic carbocycles. The number of halogens is 3. The van der Waals surface area contributed by atoms with Gasteiger partial charge in [-0.1, -0.05) is 23.4 Å². The fraction of sp³-hybridized carbons (Fsp3) is 0.188. The van der Waals surface area contributed by atoms with Crippen molar-refractivity contribution in [2.24, 2.45) is 26.4 Å². The van der Waals surface area contributed by atoms with Crippen LogP contribution in [0, 0.1) is 0 Å². The summed E-state index contributed by atoms with van der Waals surface area (Å²) in [5.41, 5.74) is -1.56. The van der Waals surface area contributed by atoms with E-state index >= 15 is 0 Å². The summed E-state index contributed by atoms with van der Waals surface area (Å²) in [4.78, 5) is 11.5. The number of hydrogen-bond acceptors (Lipinski definition) is 7. The van der Waals surface area contributed by atoms with Crippen molar-refractivity contribution >= 4 is 17.2 Å². The maximum Gasteiger partial charge on any atom is 0.435 e. The van der Waals surface area contributed by atoms with E-state index in [-0.39, 0.29) is 12.2 Å². The molecule has 144 valence electrons. The minimum absolute atomic E-state index is 0.0814. The molecule has 3 aromatic rings. The molecule has 0 unspecified atom stereocenters. The Kier molecular flexibility index (Phi) is 5.67. The van der Waals surface area contributed by atoms with Gasteiger partial charge in [-0.3, -0.25) is 0 Å². The summed E-state index contributed by atoms with van der Waals surface area (Å²) >= 11 is 0. The maximum atomic E-state index is 13.6. The fourth-order valence-electron chi connectivity index (χ4n) is 2.26. The van der Waals surface area contributed by atoms with Crippen LogP contribution in [0.1, 0.15) is 11.5 Å². The Labute approximate surface area is 156 Å². The Morgan fingerprint density at radius 3 is 2.46 bits per heavy atom. The smallest absolute Gasteiger partial charge is 0.337 e. The van der Waals surface area contributed by atoms with Crippen LogP contribution in [0.25, 0.3) is 0 Å². The third-order valence-electron chi connectivity index (χ3n) is 3.51. The van der Waals surface area contributed by atoms with E-state index in [1.807, 2.05) is 0 Å². The number of imidazole rings is 1. The van der Waals surface area contributed by atoms with Crippen molar-refractivity contribution < 1.29 is 13.2 Å². The molecule has 2 N–H and O–H groups in total. The normalized spacial score (nSPS) is 12.2. The first-order valence-corrected chi connectivity index (χ1v) is 7.99. The largest absolute Gasteiger partial charge is 0.435 e. The number of aryl methyl sites for hydroxylation is 2. The van der Waals surface area contributed by atoms with Crippen molar-refractivity contribution in [2.45, 2.75) is 19.1 Å². The van der Waals surface area contributed by atoms with Crippen molar-refractivity contribution in [2.75, 3.05) is 0 Å².